The Kier molecular flexibility index (Phi) is 3.18. The molecule has 11 aromatic rings. The molecule has 0 fully saturated rings. The summed E-state index contributed by atoms with van der Waals surface area (Å²) in [5.74, 6) is -0.931. The lowest BCUT2D eigenvalue weighted by molar-refractivity contribution is 1.01. The fourth-order valence-corrected chi connectivity index (χ4v) is 6.57. The zero-order valence-corrected chi connectivity index (χ0v) is 28.8. The Hall–Kier alpha value is -7.30. The third kappa shape index (κ3) is 5.07. The number of rotatable bonds is 5. The summed E-state index contributed by atoms with van der Waals surface area (Å²) >= 11 is 0. The molecule has 0 aliphatic heterocycles. The number of aromatic nitrogens is 4. The monoisotopic (exact) mass is 746 g/mol. The van der Waals surface area contributed by atoms with Crippen molar-refractivity contribution in [2.75, 3.05) is 0 Å². The van der Waals surface area contributed by atoms with Gasteiger partial charge in [-0.2, -0.15) is 0 Å². The smallest absolute Gasteiger partial charge is 0.235 e. The van der Waals surface area contributed by atoms with E-state index >= 15 is 0 Å². The van der Waals surface area contributed by atoms with Crippen LogP contribution in [0.4, 0.5) is 0 Å². The molecule has 3 aromatic heterocycles. The third-order valence-electron chi connectivity index (χ3n) is 8.98. The van der Waals surface area contributed by atoms with E-state index in [4.69, 9.17) is 28.3 Å². The largest absolute Gasteiger partial charge is 0.309 e. The van der Waals surface area contributed by atoms with Crippen molar-refractivity contribution in [3.63, 3.8) is 0 Å². The van der Waals surface area contributed by atoms with Crippen molar-refractivity contribution in [2.24, 2.45) is 0 Å². The van der Waals surface area contributed by atoms with Crippen LogP contribution >= 0.6 is 0 Å². The van der Waals surface area contributed by atoms with Crippen LogP contribution < -0.4 is 0 Å². The highest BCUT2D eigenvalue weighted by Crippen LogP contribution is 2.42. The van der Waals surface area contributed by atoms with Crippen molar-refractivity contribution in [3.8, 4) is 45.1 Å². The van der Waals surface area contributed by atoms with Gasteiger partial charge in [0.2, 0.25) is 5.95 Å². The Balaban J connectivity index is 1.42. The van der Waals surface area contributed by atoms with Crippen LogP contribution in [0.25, 0.3) is 99.7 Å². The first-order chi connectivity index (χ1) is 40.1. The molecule has 0 saturated carbocycles. The molecule has 0 aliphatic carbocycles. The molecule has 0 atom stereocenters. The van der Waals surface area contributed by atoms with Gasteiger partial charge in [0.1, 0.15) is 0 Å². The summed E-state index contributed by atoms with van der Waals surface area (Å²) in [5.41, 5.74) is -8.91. The number of fused-ring (bicyclic) bond motifs is 8. The van der Waals surface area contributed by atoms with Crippen LogP contribution in [0, 0.1) is 13.8 Å². The summed E-state index contributed by atoms with van der Waals surface area (Å²) in [6, 6.07) is -26.3. The highest BCUT2D eigenvalue weighted by atomic mass is 15.2. The fourth-order valence-electron chi connectivity index (χ4n) is 6.57. The molecule has 0 bridgehead atoms. The molecule has 0 unspecified atom stereocenters. The van der Waals surface area contributed by atoms with E-state index in [0.29, 0.717) is 0 Å². The molecule has 3 heterocycles. The minimum absolute atomic E-state index is 0.128. The van der Waals surface area contributed by atoms with Crippen LogP contribution in [0.5, 0.6) is 0 Å². The summed E-state index contributed by atoms with van der Waals surface area (Å²) in [6.45, 7) is 2.56. The van der Waals surface area contributed by atoms with Gasteiger partial charge in [0.05, 0.1) is 74.4 Å². The van der Waals surface area contributed by atoms with Gasteiger partial charge >= 0.3 is 0 Å². The maximum Gasteiger partial charge on any atom is 0.235 e. The summed E-state index contributed by atoms with van der Waals surface area (Å²) in [7, 11) is 0. The quantitative estimate of drug-likeness (QED) is 0.176. The number of benzene rings is 8. The zero-order valence-electron chi connectivity index (χ0n) is 58.8. The van der Waals surface area contributed by atoms with Gasteiger partial charge in [0.25, 0.3) is 0 Å². The van der Waals surface area contributed by atoms with E-state index in [-0.39, 0.29) is 11.1 Å². The Morgan fingerprint density at radius 3 is 1.70 bits per heavy atom. The molecule has 0 aliphatic rings. The van der Waals surface area contributed by atoms with Crippen LogP contribution in [-0.4, -0.2) is 19.1 Å². The molecule has 0 saturated heterocycles. The van der Waals surface area contributed by atoms with Gasteiger partial charge < -0.3 is 4.57 Å². The van der Waals surface area contributed by atoms with Gasteiger partial charge in [-0.1, -0.05) is 144 Å². The second kappa shape index (κ2) is 12.6. The third-order valence-corrected chi connectivity index (χ3v) is 8.98. The van der Waals surface area contributed by atoms with Crippen LogP contribution in [0.15, 0.2) is 181 Å². The molecule has 264 valence electrons. The summed E-state index contributed by atoms with van der Waals surface area (Å²) in [4.78, 5) is 9.27. The van der Waals surface area contributed by atoms with Crippen molar-refractivity contribution in [2.45, 2.75) is 13.8 Å². The molecule has 0 radical (unpaired) electrons. The van der Waals surface area contributed by atoms with Gasteiger partial charge in [0, 0.05) is 38.2 Å². The molecule has 8 aromatic carbocycles. The minimum Gasteiger partial charge on any atom is -0.309 e. The predicted octanol–water partition coefficient (Wildman–Crippen LogP) is 13.4. The van der Waals surface area contributed by atoms with Crippen LogP contribution in [0.1, 0.15) is 52.2 Å². The van der Waals surface area contributed by atoms with Crippen LogP contribution in [0.3, 0.4) is 0 Å². The Labute approximate surface area is 366 Å². The van der Waals surface area contributed by atoms with E-state index < -0.39 is 281 Å². The number of hydrogen-bond acceptors (Lipinski definition) is 2. The molecule has 11 rings (SSSR count). The standard InChI is InChI=1S/C52H36N4/c1-33-19-26-40(27-20-33)55-45-17-8-6-15-41(45)49-47(55)29-30-48-50(49)42-16-7-9-18-46(42)56(48)52-53-44-28-25-39(35-12-4-3-5-13-35)32-43(44)51(54-52)37-23-21-36(22-24-37)38-14-10-11-34(2)31-38/h3-32H,1-2H3/i3D,4D,5D,6D,7D,8D,9D,10D,11D,12D,13D,14D,15D,16D,17D,18D,19D,20D,21D,22D,23D,24D,25D,26D,27D,28D,29D,30D,31D,32D. The Morgan fingerprint density at radius 1 is 0.393 bits per heavy atom. The second-order valence-electron chi connectivity index (χ2n) is 12.4. The van der Waals surface area contributed by atoms with E-state index in [1.807, 2.05) is 0 Å². The van der Waals surface area contributed by atoms with Gasteiger partial charge in [-0.25, -0.2) is 9.97 Å². The lowest BCUT2D eigenvalue weighted by atomic mass is 9.98. The number of hydrogen-bond donors (Lipinski definition) is 0. The molecule has 4 nitrogen and oxygen atoms in total. The average molecular weight is 747 g/mol. The molecule has 0 spiro atoms. The van der Waals surface area contributed by atoms with E-state index in [1.165, 1.54) is 13.8 Å². The van der Waals surface area contributed by atoms with E-state index in [1.54, 1.807) is 0 Å². The van der Waals surface area contributed by atoms with E-state index in [2.05, 4.69) is 4.98 Å². The predicted molar refractivity (Wildman–Crippen MR) is 234 cm³/mol. The molecule has 4 heteroatoms. The molecule has 56 heavy (non-hydrogen) atoms. The molecular weight excluding hydrogens is 681 g/mol. The SMILES string of the molecule is [2H]c1c([2H])c([2H])c(-c2c([2H])c([2H])c3nc(-n4c5c([2H])c([2H])c([2H])c([2H])c5c5c6c7c([2H])c([2H])c([2H])c([2H])c7n(-c7c([2H])c([2H])c(C)c([2H])c7[2H])c6c([2H])c([2H])c54)nc(-c4c([2H])c([2H])c(-c5c([2H])c([2H])c([2H])c(C)c5[2H])c([2H])c4[2H])c3c2[2H])c([2H])c1[2H]. The molecular formula is C52H36N4. The summed E-state index contributed by atoms with van der Waals surface area (Å²) < 4.78 is 274. The summed E-state index contributed by atoms with van der Waals surface area (Å²) in [6.07, 6.45) is 0. The molecule has 0 N–H and O–H groups in total. The first-order valence-electron chi connectivity index (χ1n) is 31.7. The maximum atomic E-state index is 9.93. The first kappa shape index (κ1) is 14.1. The van der Waals surface area contributed by atoms with Gasteiger partial charge in [0.15, 0.2) is 0 Å². The highest BCUT2D eigenvalue weighted by Gasteiger charge is 2.22. The lowest BCUT2D eigenvalue weighted by Crippen LogP contribution is -2.03. The lowest BCUT2D eigenvalue weighted by Gasteiger charge is -2.14. The van der Waals surface area contributed by atoms with Gasteiger partial charge in [-0.15, -0.1) is 0 Å². The van der Waals surface area contributed by atoms with E-state index in [9.17, 15) is 17.8 Å². The topological polar surface area (TPSA) is 35.6 Å². The Bertz CT molecular complexity index is 4970. The van der Waals surface area contributed by atoms with Crippen LogP contribution in [0.2, 0.25) is 0 Å². The molecule has 0 amide bonds. The highest BCUT2D eigenvalue weighted by molar-refractivity contribution is 6.28. The Morgan fingerprint density at radius 2 is 0.964 bits per heavy atom. The van der Waals surface area contributed by atoms with Crippen molar-refractivity contribution >= 4 is 54.5 Å². The first-order valence-corrected chi connectivity index (χ1v) is 16.7. The normalized spacial score (nSPS) is 19.2. The second-order valence-corrected chi connectivity index (χ2v) is 12.4. The number of para-hydroxylation sites is 2. The van der Waals surface area contributed by atoms with Crippen molar-refractivity contribution in [1.29, 1.82) is 0 Å². The maximum absolute atomic E-state index is 9.93. The average Bonchev–Trinajstić information content (AvgIpc) is 1.49. The van der Waals surface area contributed by atoms with Crippen molar-refractivity contribution in [3.05, 3.63) is 192 Å². The van der Waals surface area contributed by atoms with Crippen LogP contribution in [-0.2, 0) is 0 Å². The fraction of sp³-hybridized carbons (Fsp3) is 0.0385. The van der Waals surface area contributed by atoms with Gasteiger partial charge in [-0.05, 0) is 84.4 Å². The summed E-state index contributed by atoms with van der Waals surface area (Å²) in [5, 5.41) is -2.81. The van der Waals surface area contributed by atoms with Gasteiger partial charge in [-0.3, -0.25) is 4.57 Å². The van der Waals surface area contributed by atoms with Crippen molar-refractivity contribution < 1.29 is 41.1 Å². The van der Waals surface area contributed by atoms with Crippen molar-refractivity contribution in [1.82, 2.24) is 19.1 Å². The number of nitrogens with zero attached hydrogens (tertiary/aromatic N) is 4. The minimum atomic E-state index is -1.07. The zero-order chi connectivity index (χ0) is 63.4. The van der Waals surface area contributed by atoms with E-state index in [0.717, 1.165) is 9.13 Å².